The van der Waals surface area contributed by atoms with Gasteiger partial charge in [-0.3, -0.25) is 14.7 Å². The second-order valence-corrected chi connectivity index (χ2v) is 8.50. The highest BCUT2D eigenvalue weighted by Gasteiger charge is 2.29. The summed E-state index contributed by atoms with van der Waals surface area (Å²) in [7, 11) is 0. The number of carbonyl (C=O) groups is 1. The maximum Gasteiger partial charge on any atom is 0.255 e. The third kappa shape index (κ3) is 4.27. The van der Waals surface area contributed by atoms with Crippen LogP contribution in [0.1, 0.15) is 38.9 Å². The Kier molecular flexibility index (Phi) is 5.94. The van der Waals surface area contributed by atoms with Gasteiger partial charge in [-0.1, -0.05) is 24.3 Å². The van der Waals surface area contributed by atoms with Crippen LogP contribution < -0.4 is 5.32 Å². The zero-order valence-corrected chi connectivity index (χ0v) is 19.0. The van der Waals surface area contributed by atoms with E-state index >= 15 is 0 Å². The first-order chi connectivity index (χ1) is 16.1. The van der Waals surface area contributed by atoms with Gasteiger partial charge in [0, 0.05) is 52.7 Å². The molecule has 1 amide bonds. The van der Waals surface area contributed by atoms with Gasteiger partial charge in [0.15, 0.2) is 0 Å². The van der Waals surface area contributed by atoms with Gasteiger partial charge in [0.1, 0.15) is 0 Å². The molecule has 0 bridgehead atoms. The monoisotopic (exact) mass is 440 g/mol. The highest BCUT2D eigenvalue weighted by molar-refractivity contribution is 6.06. The summed E-state index contributed by atoms with van der Waals surface area (Å²) >= 11 is 0. The number of carbonyl (C=O) groups excluding carboxylic acids is 1. The lowest BCUT2D eigenvalue weighted by molar-refractivity contribution is 0.0234. The number of anilines is 1. The Morgan fingerprint density at radius 3 is 2.61 bits per heavy atom. The number of morpholine rings is 1. The van der Waals surface area contributed by atoms with Gasteiger partial charge in [0.2, 0.25) is 0 Å². The van der Waals surface area contributed by atoms with E-state index in [9.17, 15) is 4.79 Å². The van der Waals surface area contributed by atoms with Gasteiger partial charge in [-0.05, 0) is 55.8 Å². The van der Waals surface area contributed by atoms with E-state index < -0.39 is 0 Å². The molecule has 33 heavy (non-hydrogen) atoms. The fraction of sp³-hybridized carbons (Fsp3) is 0.259. The van der Waals surface area contributed by atoms with Gasteiger partial charge >= 0.3 is 0 Å². The van der Waals surface area contributed by atoms with Gasteiger partial charge in [-0.2, -0.15) is 0 Å². The molecule has 0 radical (unpaired) electrons. The van der Waals surface area contributed by atoms with Gasteiger partial charge in [-0.15, -0.1) is 0 Å². The summed E-state index contributed by atoms with van der Waals surface area (Å²) in [5.74, 6) is -0.101. The van der Waals surface area contributed by atoms with E-state index in [-0.39, 0.29) is 11.9 Å². The first kappa shape index (κ1) is 21.4. The summed E-state index contributed by atoms with van der Waals surface area (Å²) in [5, 5.41) is 4.18. The van der Waals surface area contributed by atoms with Crippen molar-refractivity contribution in [3.63, 3.8) is 0 Å². The Bertz CT molecular complexity index is 1280. The second-order valence-electron chi connectivity index (χ2n) is 8.50. The van der Waals surface area contributed by atoms with Crippen molar-refractivity contribution in [2.75, 3.05) is 31.6 Å². The molecule has 3 heterocycles. The van der Waals surface area contributed by atoms with Crippen LogP contribution in [0, 0.1) is 13.8 Å². The highest BCUT2D eigenvalue weighted by Crippen LogP contribution is 2.37. The number of benzene rings is 2. The second kappa shape index (κ2) is 9.17. The fourth-order valence-corrected chi connectivity index (χ4v) is 4.69. The number of hydrogen-bond acceptors (Lipinski definition) is 4. The maximum absolute atomic E-state index is 12.9. The number of H-pyrrole nitrogens is 1. The van der Waals surface area contributed by atoms with Gasteiger partial charge in [0.25, 0.3) is 5.91 Å². The normalized spacial score (nSPS) is 15.5. The molecule has 1 aliphatic heterocycles. The van der Waals surface area contributed by atoms with E-state index in [1.54, 1.807) is 0 Å². The Morgan fingerprint density at radius 1 is 1.06 bits per heavy atom. The molecule has 6 nitrogen and oxygen atoms in total. The van der Waals surface area contributed by atoms with Gasteiger partial charge < -0.3 is 15.0 Å². The molecule has 0 aliphatic carbocycles. The van der Waals surface area contributed by atoms with Crippen molar-refractivity contribution in [1.29, 1.82) is 0 Å². The lowest BCUT2D eigenvalue weighted by Gasteiger charge is -2.34. The highest BCUT2D eigenvalue weighted by atomic mass is 16.5. The maximum atomic E-state index is 12.9. The number of rotatable bonds is 5. The van der Waals surface area contributed by atoms with Crippen LogP contribution in [0.5, 0.6) is 0 Å². The molecule has 6 heteroatoms. The molecule has 168 valence electrons. The van der Waals surface area contributed by atoms with E-state index in [4.69, 9.17) is 9.72 Å². The summed E-state index contributed by atoms with van der Waals surface area (Å²) in [6.07, 6.45) is 1.85. The molecule has 4 aromatic rings. The van der Waals surface area contributed by atoms with Crippen LogP contribution in [-0.4, -0.2) is 47.1 Å². The predicted molar refractivity (Wildman–Crippen MR) is 131 cm³/mol. The molecule has 2 aromatic heterocycles. The lowest BCUT2D eigenvalue weighted by Crippen LogP contribution is -2.40. The summed E-state index contributed by atoms with van der Waals surface area (Å²) in [6.45, 7) is 7.17. The van der Waals surface area contributed by atoms with Gasteiger partial charge in [-0.25, -0.2) is 0 Å². The molecule has 1 aliphatic rings. The van der Waals surface area contributed by atoms with Crippen LogP contribution in [0.25, 0.3) is 10.9 Å². The van der Waals surface area contributed by atoms with E-state index in [2.05, 4.69) is 34.3 Å². The topological polar surface area (TPSA) is 70.2 Å². The van der Waals surface area contributed by atoms with E-state index in [1.165, 1.54) is 5.56 Å². The molecule has 2 N–H and O–H groups in total. The molecule has 0 unspecified atom stereocenters. The van der Waals surface area contributed by atoms with Crippen LogP contribution in [-0.2, 0) is 4.74 Å². The number of aryl methyl sites for hydroxylation is 2. The number of aromatic amines is 1. The van der Waals surface area contributed by atoms with Gasteiger partial charge in [0.05, 0.1) is 24.9 Å². The van der Waals surface area contributed by atoms with Crippen molar-refractivity contribution in [2.45, 2.75) is 19.9 Å². The van der Waals surface area contributed by atoms with Crippen LogP contribution >= 0.6 is 0 Å². The third-order valence-corrected chi connectivity index (χ3v) is 6.34. The number of ether oxygens (including phenoxy) is 1. The number of aromatic nitrogens is 2. The zero-order valence-electron chi connectivity index (χ0n) is 19.0. The summed E-state index contributed by atoms with van der Waals surface area (Å²) in [5.41, 5.74) is 6.77. The first-order valence-electron chi connectivity index (χ1n) is 11.3. The molecule has 1 atom stereocenters. The number of hydrogen-bond donors (Lipinski definition) is 2. The Balaban J connectivity index is 1.56. The Labute approximate surface area is 193 Å². The minimum atomic E-state index is -0.101. The first-order valence-corrected chi connectivity index (χ1v) is 11.3. The van der Waals surface area contributed by atoms with Crippen molar-refractivity contribution < 1.29 is 9.53 Å². The molecule has 2 aromatic carbocycles. The Morgan fingerprint density at radius 2 is 1.85 bits per heavy atom. The summed E-state index contributed by atoms with van der Waals surface area (Å²) in [6, 6.07) is 19.8. The van der Waals surface area contributed by atoms with Crippen LogP contribution in [0.2, 0.25) is 0 Å². The average Bonchev–Trinajstić information content (AvgIpc) is 3.16. The van der Waals surface area contributed by atoms with Crippen molar-refractivity contribution >= 4 is 22.5 Å². The molecular formula is C27H28N4O2. The summed E-state index contributed by atoms with van der Waals surface area (Å²) < 4.78 is 5.62. The Hall–Kier alpha value is -3.48. The fourth-order valence-electron chi connectivity index (χ4n) is 4.69. The van der Waals surface area contributed by atoms with Crippen LogP contribution in [0.15, 0.2) is 66.9 Å². The van der Waals surface area contributed by atoms with Crippen molar-refractivity contribution in [3.05, 3.63) is 94.9 Å². The molecule has 0 spiro atoms. The zero-order chi connectivity index (χ0) is 22.8. The third-order valence-electron chi connectivity index (χ3n) is 6.34. The van der Waals surface area contributed by atoms with Crippen molar-refractivity contribution in [2.24, 2.45) is 0 Å². The molecule has 5 rings (SSSR count). The summed E-state index contributed by atoms with van der Waals surface area (Å²) in [4.78, 5) is 23.6. The SMILES string of the molecule is Cc1ccccc1C(=O)Nc1ccc2[nH]c(C)c([C@@H](c3ccccn3)N3CCOCC3)c2c1. The molecule has 1 saturated heterocycles. The number of fused-ring (bicyclic) bond motifs is 1. The molecule has 0 saturated carbocycles. The minimum absolute atomic E-state index is 0.00571. The van der Waals surface area contributed by atoms with Crippen LogP contribution in [0.4, 0.5) is 5.69 Å². The van der Waals surface area contributed by atoms with Crippen molar-refractivity contribution in [3.8, 4) is 0 Å². The molecule has 1 fully saturated rings. The van der Waals surface area contributed by atoms with E-state index in [0.717, 1.165) is 46.6 Å². The lowest BCUT2D eigenvalue weighted by atomic mass is 9.97. The standard InChI is InChI=1S/C27H28N4O2/c1-18-7-3-4-8-21(18)27(32)30-20-10-11-23-22(17-20)25(19(2)29-23)26(24-9-5-6-12-28-24)31-13-15-33-16-14-31/h3-12,17,26,29H,13-16H2,1-2H3,(H,30,32)/t26-/m1/s1. The number of amides is 1. The van der Waals surface area contributed by atoms with E-state index in [0.29, 0.717) is 18.8 Å². The minimum Gasteiger partial charge on any atom is -0.379 e. The van der Waals surface area contributed by atoms with Crippen LogP contribution in [0.3, 0.4) is 0 Å². The van der Waals surface area contributed by atoms with Crippen molar-refractivity contribution in [1.82, 2.24) is 14.9 Å². The number of nitrogens with one attached hydrogen (secondary N) is 2. The number of nitrogens with zero attached hydrogens (tertiary/aromatic N) is 2. The largest absolute Gasteiger partial charge is 0.379 e. The average molecular weight is 441 g/mol. The van der Waals surface area contributed by atoms with E-state index in [1.807, 2.05) is 61.7 Å². The predicted octanol–water partition coefficient (Wildman–Crippen LogP) is 4.85. The number of pyridine rings is 1. The molecular weight excluding hydrogens is 412 g/mol. The smallest absolute Gasteiger partial charge is 0.255 e. The quantitative estimate of drug-likeness (QED) is 0.465.